The van der Waals surface area contributed by atoms with Crippen molar-refractivity contribution in [3.05, 3.63) is 112 Å². The monoisotopic (exact) mass is 1160 g/mol. The van der Waals surface area contributed by atoms with Crippen molar-refractivity contribution in [2.24, 2.45) is 0 Å². The van der Waals surface area contributed by atoms with Crippen LogP contribution in [0.5, 0.6) is 0 Å². The van der Waals surface area contributed by atoms with Gasteiger partial charge in [0.05, 0.1) is 22.2 Å². The summed E-state index contributed by atoms with van der Waals surface area (Å²) in [5.74, 6) is 2.04. The van der Waals surface area contributed by atoms with Gasteiger partial charge in [-0.05, 0) is 152 Å². The number of fused-ring (bicyclic) bond motifs is 2. The minimum absolute atomic E-state index is 0.153. The second kappa shape index (κ2) is 28.1. The Kier molecular flexibility index (Phi) is 23.0. The number of benzene rings is 4. The van der Waals surface area contributed by atoms with Gasteiger partial charge in [-0.2, -0.15) is 39.2 Å². The van der Waals surface area contributed by atoms with Crippen LogP contribution in [0.25, 0.3) is 44.6 Å². The Morgan fingerprint density at radius 1 is 0.606 bits per heavy atom. The van der Waals surface area contributed by atoms with E-state index in [0.29, 0.717) is 46.1 Å². The summed E-state index contributed by atoms with van der Waals surface area (Å²) < 4.78 is 81.6. The van der Waals surface area contributed by atoms with Crippen molar-refractivity contribution in [2.75, 3.05) is 65.0 Å². The summed E-state index contributed by atoms with van der Waals surface area (Å²) >= 11 is 7.42. The van der Waals surface area contributed by atoms with Gasteiger partial charge < -0.3 is 26.9 Å². The molecule has 2 N–H and O–H groups in total. The standard InChI is InChI=1S/C27H33F3N4.C21H22BrF3N4.C6H11.BrH.Zn/c1-18-9-7-12-23-24(18)32-25(33-26(23)31-13-8-14-34(2)3)21-15-20(19-10-5-4-6-11-19)16-22(17-21)27(28,29)30;1-13-6-4-7-17-18(13)27-19(28-20(17)26-8-5-9-29(2)3)14-10-15(21(23,24)25)12-16(22)11-14;1-2-4-6-5-3-1;;/h7,9,12,15-17,19H,4-6,8,10-11,13-14H2,1-3H3,(H,31,32,33);4,6-7,10-12H,5,8-9H2,1-3H3,(H,26,27,28);1H,2-6H2;1H;/q;;-1;;+2/p-1. The van der Waals surface area contributed by atoms with Crippen LogP contribution in [0.4, 0.5) is 38.0 Å². The quantitative estimate of drug-likeness (QED) is 0.0512. The fraction of sp³-hybridized carbons (Fsp3) is 0.463. The Labute approximate surface area is 441 Å². The number of rotatable bonds is 13. The molecule has 2 aliphatic rings. The van der Waals surface area contributed by atoms with Crippen molar-refractivity contribution < 1.29 is 42.7 Å². The maximum absolute atomic E-state index is 13.8. The van der Waals surface area contributed by atoms with Crippen LogP contribution in [0, 0.1) is 20.3 Å². The third kappa shape index (κ3) is 17.7. The van der Waals surface area contributed by atoms with Gasteiger partial charge in [0.25, 0.3) is 0 Å². The number of nitrogens with one attached hydrogen (secondary N) is 2. The Morgan fingerprint density at radius 2 is 1.06 bits per heavy atom. The zero-order chi connectivity index (χ0) is 51.7. The van der Waals surface area contributed by atoms with E-state index >= 15 is 0 Å². The SMILES string of the molecule is Cc1cccc2c(NCCCN(C)C)nc(-c3cc(Br)cc(C(F)(F)F)c3)nc12.Cc1cccc2c(NCCCN(C)C)nc(-c3cc(C4CCCCC4)cc(C(F)(F)F)c3)nc12.[CH-]1CCCCC1.[Zn+][Br]. The van der Waals surface area contributed by atoms with Crippen LogP contribution in [-0.4, -0.2) is 84.1 Å². The Balaban J connectivity index is 0.000000231. The van der Waals surface area contributed by atoms with Crippen LogP contribution < -0.4 is 10.6 Å². The predicted molar refractivity (Wildman–Crippen MR) is 283 cm³/mol. The third-order valence-corrected chi connectivity index (χ3v) is 12.9. The van der Waals surface area contributed by atoms with Crippen molar-refractivity contribution in [3.8, 4) is 22.8 Å². The number of anilines is 2. The molecule has 4 aromatic carbocycles. The first-order chi connectivity index (χ1) is 33.9. The fourth-order valence-electron chi connectivity index (χ4n) is 8.72. The van der Waals surface area contributed by atoms with Gasteiger partial charge in [0.1, 0.15) is 11.6 Å². The van der Waals surface area contributed by atoms with Crippen molar-refractivity contribution in [3.63, 3.8) is 0 Å². The summed E-state index contributed by atoms with van der Waals surface area (Å²) in [4.78, 5) is 22.8. The van der Waals surface area contributed by atoms with E-state index in [4.69, 9.17) is 9.97 Å². The molecular weight excluding hydrogens is 1100 g/mol. The molecule has 2 saturated carbocycles. The van der Waals surface area contributed by atoms with E-state index in [1.807, 2.05) is 84.5 Å². The fourth-order valence-corrected chi connectivity index (χ4v) is 9.21. The van der Waals surface area contributed by atoms with E-state index in [-0.39, 0.29) is 11.7 Å². The molecule has 0 atom stereocenters. The molecule has 380 valence electrons. The van der Waals surface area contributed by atoms with E-state index in [1.165, 1.54) is 60.6 Å². The summed E-state index contributed by atoms with van der Waals surface area (Å²) in [7, 11) is 8.07. The third-order valence-electron chi connectivity index (χ3n) is 12.4. The zero-order valence-electron chi connectivity index (χ0n) is 41.8. The van der Waals surface area contributed by atoms with Gasteiger partial charge in [0.15, 0.2) is 11.6 Å². The minimum atomic E-state index is -4.45. The second-order valence-electron chi connectivity index (χ2n) is 18.7. The van der Waals surface area contributed by atoms with Gasteiger partial charge in [-0.1, -0.05) is 78.7 Å². The molecule has 17 heteroatoms. The van der Waals surface area contributed by atoms with E-state index in [1.54, 1.807) is 6.07 Å². The maximum atomic E-state index is 13.8. The Hall–Kier alpha value is -3.76. The summed E-state index contributed by atoms with van der Waals surface area (Å²) in [5, 5.41) is 8.47. The summed E-state index contributed by atoms with van der Waals surface area (Å²) in [6.07, 6.45) is 7.60. The molecule has 0 radical (unpaired) electrons. The normalized spacial score (nSPS) is 14.3. The molecule has 6 aromatic rings. The molecule has 0 unspecified atom stereocenters. The molecular formula is C54H66Br2F6N8Zn. The zero-order valence-corrected chi connectivity index (χ0v) is 47.9. The first-order valence-corrected chi connectivity index (χ1v) is 32.1. The second-order valence-corrected chi connectivity index (χ2v) is 19.6. The van der Waals surface area contributed by atoms with Gasteiger partial charge in [-0.15, -0.1) is 0 Å². The first kappa shape index (κ1) is 58.1. The van der Waals surface area contributed by atoms with Crippen molar-refractivity contribution in [1.82, 2.24) is 29.7 Å². The number of aromatic nitrogens is 4. The topological polar surface area (TPSA) is 82.1 Å². The molecule has 2 fully saturated rings. The number of alkyl halides is 6. The summed E-state index contributed by atoms with van der Waals surface area (Å²) in [5.41, 5.74) is 3.52. The van der Waals surface area contributed by atoms with E-state index in [9.17, 15) is 26.3 Å². The summed E-state index contributed by atoms with van der Waals surface area (Å²) in [6.45, 7) is 7.16. The number of halogens is 8. The van der Waals surface area contributed by atoms with Gasteiger partial charge >= 0.3 is 42.3 Å². The van der Waals surface area contributed by atoms with Crippen LogP contribution in [0.2, 0.25) is 0 Å². The molecule has 0 saturated heterocycles. The molecule has 2 aromatic heterocycles. The van der Waals surface area contributed by atoms with E-state index in [2.05, 4.69) is 66.4 Å². The molecule has 0 aliphatic heterocycles. The number of hydrogen-bond donors (Lipinski definition) is 2. The van der Waals surface area contributed by atoms with Gasteiger partial charge in [0, 0.05) is 39.5 Å². The molecule has 0 amide bonds. The first-order valence-electron chi connectivity index (χ1n) is 24.4. The van der Waals surface area contributed by atoms with Crippen LogP contribution >= 0.6 is 29.6 Å². The Bertz CT molecular complexity index is 2610. The van der Waals surface area contributed by atoms with Crippen molar-refractivity contribution in [2.45, 2.75) is 109 Å². The van der Waals surface area contributed by atoms with E-state index < -0.39 is 23.5 Å². The van der Waals surface area contributed by atoms with Gasteiger partial charge in [0.2, 0.25) is 0 Å². The number of aryl methyl sites for hydroxylation is 2. The number of nitrogens with zero attached hydrogens (tertiary/aromatic N) is 6. The van der Waals surface area contributed by atoms with Crippen LogP contribution in [0.3, 0.4) is 0 Å². The number of para-hydroxylation sites is 2. The van der Waals surface area contributed by atoms with Crippen molar-refractivity contribution in [1.29, 1.82) is 0 Å². The molecule has 2 heterocycles. The van der Waals surface area contributed by atoms with Gasteiger partial charge in [-0.25, -0.2) is 19.9 Å². The summed E-state index contributed by atoms with van der Waals surface area (Å²) in [6, 6.07) is 19.8. The van der Waals surface area contributed by atoms with Crippen LogP contribution in [0.1, 0.15) is 111 Å². The van der Waals surface area contributed by atoms with E-state index in [0.717, 1.165) is 109 Å². The average Bonchev–Trinajstić information content (AvgIpc) is 3.35. The van der Waals surface area contributed by atoms with Crippen molar-refractivity contribution >= 4 is 63.0 Å². The molecule has 71 heavy (non-hydrogen) atoms. The molecule has 2 aliphatic carbocycles. The molecule has 0 bridgehead atoms. The van der Waals surface area contributed by atoms with Gasteiger partial charge in [-0.3, -0.25) is 0 Å². The average molecular weight is 1170 g/mol. The van der Waals surface area contributed by atoms with Crippen LogP contribution in [0.15, 0.2) is 77.3 Å². The number of hydrogen-bond acceptors (Lipinski definition) is 8. The Morgan fingerprint density at radius 3 is 1.48 bits per heavy atom. The molecule has 0 spiro atoms. The predicted octanol–water partition coefficient (Wildman–Crippen LogP) is 15.8. The molecule has 8 nitrogen and oxygen atoms in total. The van der Waals surface area contributed by atoms with Crippen LogP contribution in [-0.2, 0) is 28.7 Å². The molecule has 8 rings (SSSR count).